The highest BCUT2D eigenvalue weighted by molar-refractivity contribution is 5.42. The Morgan fingerprint density at radius 2 is 2.12 bits per heavy atom. The van der Waals surface area contributed by atoms with Crippen LogP contribution in [0.2, 0.25) is 0 Å². The smallest absolute Gasteiger partial charge is 0.167 e. The molecule has 0 amide bonds. The summed E-state index contributed by atoms with van der Waals surface area (Å²) in [5.74, 6) is 1.43. The number of aromatic nitrogens is 3. The lowest BCUT2D eigenvalue weighted by Crippen LogP contribution is -2.07. The molecule has 2 rings (SSSR count). The number of hydrogen-bond donors (Lipinski definition) is 3. The van der Waals surface area contributed by atoms with Crippen LogP contribution in [0.1, 0.15) is 24.6 Å². The van der Waals surface area contributed by atoms with Crippen molar-refractivity contribution in [1.82, 2.24) is 15.2 Å². The highest BCUT2D eigenvalue weighted by atomic mass is 15.2. The number of hydrogen-bond acceptors (Lipinski definition) is 4. The van der Waals surface area contributed by atoms with E-state index in [9.17, 15) is 0 Å². The molecule has 0 radical (unpaired) electrons. The molecule has 4 N–H and O–H groups in total. The lowest BCUT2D eigenvalue weighted by molar-refractivity contribution is 0.744. The number of nitrogens with one attached hydrogen (secondary N) is 2. The molecule has 1 unspecified atom stereocenters. The molecular weight excluding hydrogens is 202 g/mol. The van der Waals surface area contributed by atoms with E-state index >= 15 is 0 Å². The molecule has 0 aliphatic carbocycles. The first kappa shape index (κ1) is 10.6. The normalized spacial score (nSPS) is 12.4. The number of H-pyrrole nitrogens is 1. The standard InChI is InChI=1S/C11H15N5/c1-8(12)11-14-10(15-16-11)7-13-9-5-3-2-4-6-9/h2-6,8,13H,7,12H2,1H3,(H,14,15,16). The predicted molar refractivity (Wildman–Crippen MR) is 62.8 cm³/mol. The molecule has 0 aliphatic rings. The van der Waals surface area contributed by atoms with E-state index < -0.39 is 0 Å². The Hall–Kier alpha value is -1.88. The van der Waals surface area contributed by atoms with Gasteiger partial charge in [0.2, 0.25) is 0 Å². The zero-order valence-electron chi connectivity index (χ0n) is 9.14. The summed E-state index contributed by atoms with van der Waals surface area (Å²) in [5.41, 5.74) is 6.73. The van der Waals surface area contributed by atoms with Gasteiger partial charge >= 0.3 is 0 Å². The van der Waals surface area contributed by atoms with Gasteiger partial charge in [0.05, 0.1) is 12.6 Å². The molecule has 0 aliphatic heterocycles. The van der Waals surface area contributed by atoms with Crippen LogP contribution in [0.4, 0.5) is 5.69 Å². The van der Waals surface area contributed by atoms with Crippen molar-refractivity contribution < 1.29 is 0 Å². The van der Waals surface area contributed by atoms with Crippen molar-refractivity contribution in [3.63, 3.8) is 0 Å². The minimum atomic E-state index is -0.137. The summed E-state index contributed by atoms with van der Waals surface area (Å²) in [7, 11) is 0. The number of anilines is 1. The first-order valence-electron chi connectivity index (χ1n) is 5.21. The number of benzene rings is 1. The van der Waals surface area contributed by atoms with Crippen molar-refractivity contribution >= 4 is 5.69 Å². The van der Waals surface area contributed by atoms with Gasteiger partial charge in [0, 0.05) is 5.69 Å². The summed E-state index contributed by atoms with van der Waals surface area (Å²) in [4.78, 5) is 4.27. The van der Waals surface area contributed by atoms with Gasteiger partial charge < -0.3 is 11.1 Å². The lowest BCUT2D eigenvalue weighted by Gasteiger charge is -2.02. The van der Waals surface area contributed by atoms with Crippen molar-refractivity contribution in [3.8, 4) is 0 Å². The predicted octanol–water partition coefficient (Wildman–Crippen LogP) is 1.44. The second kappa shape index (κ2) is 4.76. The number of rotatable bonds is 4. The van der Waals surface area contributed by atoms with E-state index in [0.29, 0.717) is 12.4 Å². The molecule has 1 aromatic heterocycles. The lowest BCUT2D eigenvalue weighted by atomic mass is 10.3. The topological polar surface area (TPSA) is 79.6 Å². The Bertz CT molecular complexity index is 435. The second-order valence-electron chi connectivity index (χ2n) is 3.65. The van der Waals surface area contributed by atoms with E-state index in [-0.39, 0.29) is 6.04 Å². The van der Waals surface area contributed by atoms with Gasteiger partial charge in [-0.3, -0.25) is 5.10 Å². The molecule has 2 aromatic rings. The molecule has 84 valence electrons. The number of nitrogens with zero attached hydrogens (tertiary/aromatic N) is 2. The summed E-state index contributed by atoms with van der Waals surface area (Å²) in [6, 6.07) is 9.81. The molecule has 0 fully saturated rings. The van der Waals surface area contributed by atoms with Crippen molar-refractivity contribution in [3.05, 3.63) is 42.0 Å². The summed E-state index contributed by atoms with van der Waals surface area (Å²) >= 11 is 0. The maximum absolute atomic E-state index is 5.67. The number of nitrogens with two attached hydrogens (primary N) is 1. The van der Waals surface area contributed by atoms with Gasteiger partial charge in [-0.2, -0.15) is 5.10 Å². The third-order valence-electron chi connectivity index (χ3n) is 2.19. The van der Waals surface area contributed by atoms with Crippen LogP contribution < -0.4 is 11.1 Å². The molecule has 1 atom stereocenters. The summed E-state index contributed by atoms with van der Waals surface area (Å²) in [6.45, 7) is 2.47. The van der Waals surface area contributed by atoms with Crippen molar-refractivity contribution in [2.24, 2.45) is 5.73 Å². The van der Waals surface area contributed by atoms with Gasteiger partial charge in [-0.25, -0.2) is 4.98 Å². The molecule has 1 aromatic carbocycles. The fourth-order valence-electron chi connectivity index (χ4n) is 1.33. The molecule has 16 heavy (non-hydrogen) atoms. The van der Waals surface area contributed by atoms with Crippen LogP contribution >= 0.6 is 0 Å². The van der Waals surface area contributed by atoms with Crippen molar-refractivity contribution in [1.29, 1.82) is 0 Å². The highest BCUT2D eigenvalue weighted by Gasteiger charge is 2.06. The Balaban J connectivity index is 1.95. The quantitative estimate of drug-likeness (QED) is 0.724. The maximum atomic E-state index is 5.67. The van der Waals surface area contributed by atoms with Crippen LogP contribution in [0.15, 0.2) is 30.3 Å². The van der Waals surface area contributed by atoms with Crippen LogP contribution in [-0.4, -0.2) is 15.2 Å². The van der Waals surface area contributed by atoms with E-state index in [2.05, 4.69) is 20.5 Å². The van der Waals surface area contributed by atoms with Gasteiger partial charge in [-0.05, 0) is 19.1 Å². The summed E-state index contributed by atoms with van der Waals surface area (Å²) < 4.78 is 0. The summed E-state index contributed by atoms with van der Waals surface area (Å²) in [5, 5.41) is 10.1. The molecule has 0 spiro atoms. The molecule has 1 heterocycles. The third kappa shape index (κ3) is 2.58. The zero-order valence-corrected chi connectivity index (χ0v) is 9.14. The van der Waals surface area contributed by atoms with Gasteiger partial charge in [0.25, 0.3) is 0 Å². The molecule has 0 saturated heterocycles. The zero-order chi connectivity index (χ0) is 11.4. The van der Waals surface area contributed by atoms with E-state index in [1.165, 1.54) is 0 Å². The highest BCUT2D eigenvalue weighted by Crippen LogP contribution is 2.07. The first-order valence-corrected chi connectivity index (χ1v) is 5.21. The van der Waals surface area contributed by atoms with E-state index in [1.807, 2.05) is 37.3 Å². The number of aromatic amines is 1. The van der Waals surface area contributed by atoms with Gasteiger partial charge in [0.1, 0.15) is 5.82 Å². The third-order valence-corrected chi connectivity index (χ3v) is 2.19. The molecule has 0 bridgehead atoms. The molecule has 5 heteroatoms. The fourth-order valence-corrected chi connectivity index (χ4v) is 1.33. The number of para-hydroxylation sites is 1. The first-order chi connectivity index (χ1) is 7.75. The largest absolute Gasteiger partial charge is 0.378 e. The SMILES string of the molecule is CC(N)c1n[nH]c(CNc2ccccc2)n1. The average Bonchev–Trinajstić information content (AvgIpc) is 2.76. The monoisotopic (exact) mass is 217 g/mol. The van der Waals surface area contributed by atoms with Gasteiger partial charge in [-0.15, -0.1) is 0 Å². The van der Waals surface area contributed by atoms with Crippen molar-refractivity contribution in [2.45, 2.75) is 19.5 Å². The molecule has 5 nitrogen and oxygen atoms in total. The van der Waals surface area contributed by atoms with Crippen LogP contribution in [0.3, 0.4) is 0 Å². The Morgan fingerprint density at radius 3 is 2.75 bits per heavy atom. The van der Waals surface area contributed by atoms with Crippen molar-refractivity contribution in [2.75, 3.05) is 5.32 Å². The fraction of sp³-hybridized carbons (Fsp3) is 0.273. The van der Waals surface area contributed by atoms with Gasteiger partial charge in [-0.1, -0.05) is 18.2 Å². The minimum Gasteiger partial charge on any atom is -0.378 e. The second-order valence-corrected chi connectivity index (χ2v) is 3.65. The van der Waals surface area contributed by atoms with Crippen LogP contribution in [0.5, 0.6) is 0 Å². The van der Waals surface area contributed by atoms with Gasteiger partial charge in [0.15, 0.2) is 5.82 Å². The van der Waals surface area contributed by atoms with Crippen LogP contribution in [0.25, 0.3) is 0 Å². The molecular formula is C11H15N5. The van der Waals surface area contributed by atoms with Crippen LogP contribution in [-0.2, 0) is 6.54 Å². The summed E-state index contributed by atoms with van der Waals surface area (Å²) in [6.07, 6.45) is 0. The molecule has 0 saturated carbocycles. The van der Waals surface area contributed by atoms with Crippen LogP contribution in [0, 0.1) is 0 Å². The average molecular weight is 217 g/mol. The Labute approximate surface area is 94.1 Å². The van der Waals surface area contributed by atoms with E-state index in [0.717, 1.165) is 11.5 Å². The minimum absolute atomic E-state index is 0.137. The maximum Gasteiger partial charge on any atom is 0.167 e. The van der Waals surface area contributed by atoms with E-state index in [4.69, 9.17) is 5.73 Å². The van der Waals surface area contributed by atoms with E-state index in [1.54, 1.807) is 0 Å². The Morgan fingerprint density at radius 1 is 1.38 bits per heavy atom. The Kier molecular flexibility index (Phi) is 3.16.